The largest absolute Gasteiger partial charge is 0.368 e. The topological polar surface area (TPSA) is 69.9 Å². The molecule has 0 saturated heterocycles. The average molecular weight is 150 g/mol. The van der Waals surface area contributed by atoms with E-state index >= 15 is 0 Å². The zero-order chi connectivity index (χ0) is 7.98. The summed E-state index contributed by atoms with van der Waals surface area (Å²) in [6, 6.07) is 0. The van der Waals surface area contributed by atoms with E-state index in [1.54, 1.807) is 0 Å². The maximum Gasteiger partial charge on any atom is 0.175 e. The molecule has 0 aliphatic heterocycles. The molecule has 62 valence electrons. The third-order valence-electron chi connectivity index (χ3n) is 0.973. The van der Waals surface area contributed by atoms with Gasteiger partial charge in [-0.25, -0.2) is 0 Å². The number of hydrogen-bond donors (Lipinski definition) is 3. The van der Waals surface area contributed by atoms with Crippen molar-refractivity contribution in [3.63, 3.8) is 0 Å². The molecule has 0 radical (unpaired) electrons. The molecule has 0 bridgehead atoms. The molecule has 0 aromatic carbocycles. The highest BCUT2D eigenvalue weighted by molar-refractivity contribution is 4.40. The second-order valence-electron chi connectivity index (χ2n) is 2.06. The predicted molar refractivity (Wildman–Crippen MR) is 35.1 cm³/mol. The van der Waals surface area contributed by atoms with Gasteiger partial charge in [0.1, 0.15) is 6.61 Å². The molecule has 0 aliphatic carbocycles. The van der Waals surface area contributed by atoms with Crippen LogP contribution in [-0.2, 0) is 4.74 Å². The highest BCUT2D eigenvalue weighted by Crippen LogP contribution is 1.97. The quantitative estimate of drug-likeness (QED) is 0.459. The van der Waals surface area contributed by atoms with Crippen LogP contribution in [0.25, 0.3) is 0 Å². The highest BCUT2D eigenvalue weighted by Gasteiger charge is 2.04. The number of hydrogen-bond acceptors (Lipinski definition) is 4. The van der Waals surface area contributed by atoms with E-state index < -0.39 is 12.6 Å². The van der Waals surface area contributed by atoms with Gasteiger partial charge in [0.15, 0.2) is 12.6 Å². The smallest absolute Gasteiger partial charge is 0.175 e. The van der Waals surface area contributed by atoms with Crippen LogP contribution in [0.4, 0.5) is 0 Å². The zero-order valence-corrected chi connectivity index (χ0v) is 6.03. The number of rotatable bonds is 5. The lowest BCUT2D eigenvalue weighted by Gasteiger charge is -2.10. The summed E-state index contributed by atoms with van der Waals surface area (Å²) in [6.07, 6.45) is -1.03. The third kappa shape index (κ3) is 5.97. The van der Waals surface area contributed by atoms with Gasteiger partial charge in [-0.1, -0.05) is 13.3 Å². The van der Waals surface area contributed by atoms with Gasteiger partial charge in [-0.15, -0.1) is 0 Å². The van der Waals surface area contributed by atoms with Gasteiger partial charge in [0.05, 0.1) is 0 Å². The fourth-order valence-electron chi connectivity index (χ4n) is 0.527. The Labute approximate surface area is 60.1 Å². The van der Waals surface area contributed by atoms with E-state index in [-0.39, 0.29) is 6.61 Å². The van der Waals surface area contributed by atoms with Crippen LogP contribution < -0.4 is 0 Å². The van der Waals surface area contributed by atoms with Crippen LogP contribution in [0.2, 0.25) is 0 Å². The fraction of sp³-hybridized carbons (Fsp3) is 1.00. The molecule has 0 saturated carbocycles. The molecule has 4 heteroatoms. The second-order valence-corrected chi connectivity index (χ2v) is 2.06. The van der Waals surface area contributed by atoms with Crippen molar-refractivity contribution in [1.29, 1.82) is 0 Å². The van der Waals surface area contributed by atoms with E-state index in [0.717, 1.165) is 6.42 Å². The molecule has 0 aliphatic rings. The third-order valence-corrected chi connectivity index (χ3v) is 0.973. The van der Waals surface area contributed by atoms with Crippen molar-refractivity contribution in [2.75, 3.05) is 6.61 Å². The number of aliphatic hydroxyl groups is 3. The van der Waals surface area contributed by atoms with E-state index in [4.69, 9.17) is 15.3 Å². The fourth-order valence-corrected chi connectivity index (χ4v) is 0.527. The molecule has 10 heavy (non-hydrogen) atoms. The molecule has 0 rings (SSSR count). The molecular weight excluding hydrogens is 136 g/mol. The number of aliphatic hydroxyl groups excluding tert-OH is 2. The molecule has 1 atom stereocenters. The van der Waals surface area contributed by atoms with E-state index in [9.17, 15) is 0 Å². The first-order valence-electron chi connectivity index (χ1n) is 3.32. The molecule has 0 amide bonds. The van der Waals surface area contributed by atoms with Crippen molar-refractivity contribution >= 4 is 0 Å². The van der Waals surface area contributed by atoms with Gasteiger partial charge < -0.3 is 20.1 Å². The SMILES string of the molecule is CCCC(O)OCC(O)O. The van der Waals surface area contributed by atoms with E-state index in [1.165, 1.54) is 0 Å². The molecule has 3 N–H and O–H groups in total. The Balaban J connectivity index is 3.12. The Morgan fingerprint density at radius 3 is 2.30 bits per heavy atom. The summed E-state index contributed by atoms with van der Waals surface area (Å²) in [5.41, 5.74) is 0. The van der Waals surface area contributed by atoms with Crippen LogP contribution in [0.5, 0.6) is 0 Å². The lowest BCUT2D eigenvalue weighted by molar-refractivity contribution is -0.167. The first-order chi connectivity index (χ1) is 4.66. The van der Waals surface area contributed by atoms with Crippen molar-refractivity contribution in [2.45, 2.75) is 32.3 Å². The summed E-state index contributed by atoms with van der Waals surface area (Å²) in [5.74, 6) is 0. The summed E-state index contributed by atoms with van der Waals surface area (Å²) >= 11 is 0. The lowest BCUT2D eigenvalue weighted by Crippen LogP contribution is -2.20. The Morgan fingerprint density at radius 1 is 1.30 bits per heavy atom. The Hall–Kier alpha value is -0.160. The van der Waals surface area contributed by atoms with Gasteiger partial charge in [0, 0.05) is 0 Å². The monoisotopic (exact) mass is 150 g/mol. The lowest BCUT2D eigenvalue weighted by atomic mass is 10.3. The minimum atomic E-state index is -1.49. The Morgan fingerprint density at radius 2 is 1.90 bits per heavy atom. The Bertz CT molecular complexity index is 74.1. The van der Waals surface area contributed by atoms with Crippen LogP contribution in [0.1, 0.15) is 19.8 Å². The van der Waals surface area contributed by atoms with Crippen LogP contribution in [0, 0.1) is 0 Å². The summed E-state index contributed by atoms with van der Waals surface area (Å²) in [5, 5.41) is 25.4. The summed E-state index contributed by atoms with van der Waals surface area (Å²) in [7, 11) is 0. The normalized spacial score (nSPS) is 14.1. The van der Waals surface area contributed by atoms with E-state index in [2.05, 4.69) is 4.74 Å². The molecule has 0 heterocycles. The summed E-state index contributed by atoms with van der Waals surface area (Å²) < 4.78 is 4.60. The number of ether oxygens (including phenoxy) is 1. The Kier molecular flexibility index (Phi) is 5.52. The first-order valence-corrected chi connectivity index (χ1v) is 3.32. The van der Waals surface area contributed by atoms with Crippen molar-refractivity contribution in [1.82, 2.24) is 0 Å². The molecule has 1 unspecified atom stereocenters. The van der Waals surface area contributed by atoms with E-state index in [1.807, 2.05) is 6.92 Å². The van der Waals surface area contributed by atoms with Gasteiger partial charge in [-0.05, 0) is 6.42 Å². The van der Waals surface area contributed by atoms with Crippen molar-refractivity contribution in [3.8, 4) is 0 Å². The summed E-state index contributed by atoms with van der Waals surface area (Å²) in [4.78, 5) is 0. The predicted octanol–water partition coefficient (Wildman–Crippen LogP) is -0.568. The zero-order valence-electron chi connectivity index (χ0n) is 6.03. The first kappa shape index (κ1) is 9.84. The molecule has 0 aromatic heterocycles. The van der Waals surface area contributed by atoms with Gasteiger partial charge in [-0.3, -0.25) is 0 Å². The van der Waals surface area contributed by atoms with Gasteiger partial charge in [0.2, 0.25) is 0 Å². The highest BCUT2D eigenvalue weighted by atomic mass is 16.6. The summed E-state index contributed by atoms with van der Waals surface area (Å²) in [6.45, 7) is 1.67. The van der Waals surface area contributed by atoms with Crippen molar-refractivity contribution in [2.24, 2.45) is 0 Å². The maximum atomic E-state index is 8.85. The molecule has 0 aromatic rings. The standard InChI is InChI=1S/C6H14O4/c1-2-3-6(9)10-4-5(7)8/h5-9H,2-4H2,1H3. The molecule has 0 spiro atoms. The van der Waals surface area contributed by atoms with Crippen LogP contribution in [-0.4, -0.2) is 34.5 Å². The van der Waals surface area contributed by atoms with E-state index in [0.29, 0.717) is 6.42 Å². The van der Waals surface area contributed by atoms with Crippen molar-refractivity contribution in [3.05, 3.63) is 0 Å². The second kappa shape index (κ2) is 5.61. The van der Waals surface area contributed by atoms with Gasteiger partial charge in [-0.2, -0.15) is 0 Å². The maximum absolute atomic E-state index is 8.85. The molecule has 0 fully saturated rings. The van der Waals surface area contributed by atoms with Crippen LogP contribution >= 0.6 is 0 Å². The van der Waals surface area contributed by atoms with Gasteiger partial charge in [0.25, 0.3) is 0 Å². The minimum absolute atomic E-state index is 0.235. The molecule has 4 nitrogen and oxygen atoms in total. The van der Waals surface area contributed by atoms with Crippen LogP contribution in [0.15, 0.2) is 0 Å². The average Bonchev–Trinajstić information content (AvgIpc) is 1.85. The van der Waals surface area contributed by atoms with Crippen molar-refractivity contribution < 1.29 is 20.1 Å². The van der Waals surface area contributed by atoms with Crippen LogP contribution in [0.3, 0.4) is 0 Å². The minimum Gasteiger partial charge on any atom is -0.368 e. The molecular formula is C6H14O4. The van der Waals surface area contributed by atoms with Gasteiger partial charge >= 0.3 is 0 Å².